The smallest absolute Gasteiger partial charge is 0.130 e. The van der Waals surface area contributed by atoms with Crippen molar-refractivity contribution in [1.29, 1.82) is 0 Å². The number of allylic oxidation sites excluding steroid dienone is 2. The fraction of sp³-hybridized carbons (Fsp3) is 0.500. The first-order valence-corrected chi connectivity index (χ1v) is 7.64. The van der Waals surface area contributed by atoms with Crippen molar-refractivity contribution in [3.8, 4) is 5.75 Å². The van der Waals surface area contributed by atoms with E-state index in [9.17, 15) is 0 Å². The van der Waals surface area contributed by atoms with Gasteiger partial charge in [-0.3, -0.25) is 0 Å². The highest BCUT2D eigenvalue weighted by Gasteiger charge is 2.16. The minimum Gasteiger partial charge on any atom is -0.462 e. The molecule has 0 bridgehead atoms. The first kappa shape index (κ1) is 19.5. The maximum absolute atomic E-state index is 5.79. The van der Waals surface area contributed by atoms with Crippen molar-refractivity contribution < 1.29 is 4.74 Å². The number of ether oxygens (including phenoxy) is 1. The molecule has 0 radical (unpaired) electrons. The fourth-order valence-electron chi connectivity index (χ4n) is 1.93. The summed E-state index contributed by atoms with van der Waals surface area (Å²) >= 11 is 0. The molecule has 0 amide bonds. The van der Waals surface area contributed by atoms with Gasteiger partial charge in [-0.2, -0.15) is 0 Å². The topological polar surface area (TPSA) is 9.23 Å². The monoisotopic (exact) mass is 288 g/mol. The summed E-state index contributed by atoms with van der Waals surface area (Å²) in [5, 5.41) is 0. The standard InChI is InChI=1S/C17H26O.C3H6/c1-12(2)14-8-9-15(11-17(5,6)7)16(10-14)18-13(3)4;1-3-2/h8-10,12H,3,11H2,1-2,4-7H3;3H,1H2,2H3. The zero-order chi connectivity index (χ0) is 16.6. The van der Waals surface area contributed by atoms with E-state index < -0.39 is 0 Å². The second-order valence-electron chi connectivity index (χ2n) is 6.97. The molecule has 0 aliphatic rings. The average molecular weight is 288 g/mol. The van der Waals surface area contributed by atoms with Crippen LogP contribution in [0.15, 0.2) is 43.2 Å². The normalized spacial score (nSPS) is 10.7. The highest BCUT2D eigenvalue weighted by atomic mass is 16.5. The van der Waals surface area contributed by atoms with E-state index in [0.29, 0.717) is 5.92 Å². The molecule has 1 heteroatoms. The summed E-state index contributed by atoms with van der Waals surface area (Å²) < 4.78 is 5.79. The van der Waals surface area contributed by atoms with Crippen molar-refractivity contribution in [2.45, 2.75) is 60.8 Å². The summed E-state index contributed by atoms with van der Waals surface area (Å²) in [4.78, 5) is 0. The molecule has 0 fully saturated rings. The summed E-state index contributed by atoms with van der Waals surface area (Å²) in [5.41, 5.74) is 2.82. The van der Waals surface area contributed by atoms with Gasteiger partial charge in [0.15, 0.2) is 0 Å². The third kappa shape index (κ3) is 8.39. The fourth-order valence-corrected chi connectivity index (χ4v) is 1.93. The highest BCUT2D eigenvalue weighted by molar-refractivity contribution is 5.40. The number of hydrogen-bond donors (Lipinski definition) is 0. The molecule has 1 nitrogen and oxygen atoms in total. The van der Waals surface area contributed by atoms with Crippen LogP contribution in [0.1, 0.15) is 65.5 Å². The molecule has 1 aromatic carbocycles. The zero-order valence-electron chi connectivity index (χ0n) is 14.9. The maximum atomic E-state index is 5.79. The Kier molecular flexibility index (Phi) is 8.09. The van der Waals surface area contributed by atoms with Crippen LogP contribution in [0.25, 0.3) is 0 Å². The lowest BCUT2D eigenvalue weighted by Gasteiger charge is -2.21. The van der Waals surface area contributed by atoms with Gasteiger partial charge in [0.25, 0.3) is 0 Å². The molecule has 0 saturated carbocycles. The second kappa shape index (κ2) is 8.71. The van der Waals surface area contributed by atoms with Gasteiger partial charge in [-0.25, -0.2) is 0 Å². The van der Waals surface area contributed by atoms with Crippen molar-refractivity contribution in [2.24, 2.45) is 5.41 Å². The molecule has 0 aliphatic heterocycles. The molecule has 0 aromatic heterocycles. The lowest BCUT2D eigenvalue weighted by atomic mass is 9.87. The van der Waals surface area contributed by atoms with E-state index in [-0.39, 0.29) is 5.41 Å². The van der Waals surface area contributed by atoms with Crippen LogP contribution in [0.3, 0.4) is 0 Å². The van der Waals surface area contributed by atoms with Gasteiger partial charge >= 0.3 is 0 Å². The number of hydrogen-bond acceptors (Lipinski definition) is 1. The Morgan fingerprint density at radius 3 is 2.19 bits per heavy atom. The predicted octanol–water partition coefficient (Wildman–Crippen LogP) is 6.50. The van der Waals surface area contributed by atoms with Crippen LogP contribution in [0.2, 0.25) is 0 Å². The summed E-state index contributed by atoms with van der Waals surface area (Å²) in [6, 6.07) is 6.55. The van der Waals surface area contributed by atoms with Crippen LogP contribution < -0.4 is 4.74 Å². The Labute approximate surface area is 131 Å². The van der Waals surface area contributed by atoms with Gasteiger partial charge in [-0.15, -0.1) is 6.58 Å². The van der Waals surface area contributed by atoms with E-state index in [0.717, 1.165) is 17.9 Å². The summed E-state index contributed by atoms with van der Waals surface area (Å²) in [5.74, 6) is 2.22. The van der Waals surface area contributed by atoms with Gasteiger partial charge in [0.1, 0.15) is 5.75 Å². The SMILES string of the molecule is C=C(C)Oc1cc(C(C)C)ccc1CC(C)(C)C.C=CC. The molecule has 21 heavy (non-hydrogen) atoms. The first-order valence-electron chi connectivity index (χ1n) is 7.64. The van der Waals surface area contributed by atoms with E-state index in [1.807, 2.05) is 13.8 Å². The van der Waals surface area contributed by atoms with Crippen molar-refractivity contribution in [3.05, 3.63) is 54.3 Å². The number of benzene rings is 1. The van der Waals surface area contributed by atoms with E-state index in [1.54, 1.807) is 6.08 Å². The average Bonchev–Trinajstić information content (AvgIpc) is 2.29. The van der Waals surface area contributed by atoms with Gasteiger partial charge < -0.3 is 4.74 Å². The third-order valence-corrected chi connectivity index (χ3v) is 2.76. The Bertz CT molecular complexity index is 461. The van der Waals surface area contributed by atoms with Crippen LogP contribution in [0, 0.1) is 5.41 Å². The van der Waals surface area contributed by atoms with E-state index >= 15 is 0 Å². The van der Waals surface area contributed by atoms with Crippen LogP contribution in [-0.4, -0.2) is 0 Å². The lowest BCUT2D eigenvalue weighted by Crippen LogP contribution is -2.10. The van der Waals surface area contributed by atoms with Crippen molar-refractivity contribution in [2.75, 3.05) is 0 Å². The van der Waals surface area contributed by atoms with Gasteiger partial charge in [-0.05, 0) is 48.8 Å². The second-order valence-corrected chi connectivity index (χ2v) is 6.97. The molecule has 0 saturated heterocycles. The van der Waals surface area contributed by atoms with Gasteiger partial charge in [-0.1, -0.05) is 59.4 Å². The van der Waals surface area contributed by atoms with Crippen LogP contribution >= 0.6 is 0 Å². The molecule has 0 heterocycles. The summed E-state index contributed by atoms with van der Waals surface area (Å²) in [7, 11) is 0. The molecule has 118 valence electrons. The van der Waals surface area contributed by atoms with Gasteiger partial charge in [0.05, 0.1) is 5.76 Å². The molecule has 1 aromatic rings. The minimum atomic E-state index is 0.256. The molecular weight excluding hydrogens is 256 g/mol. The largest absolute Gasteiger partial charge is 0.462 e. The van der Waals surface area contributed by atoms with E-state index in [4.69, 9.17) is 4.74 Å². The van der Waals surface area contributed by atoms with Crippen LogP contribution in [-0.2, 0) is 6.42 Å². The van der Waals surface area contributed by atoms with Crippen molar-refractivity contribution in [3.63, 3.8) is 0 Å². The lowest BCUT2D eigenvalue weighted by molar-refractivity contribution is 0.385. The molecule has 0 atom stereocenters. The number of rotatable bonds is 4. The molecular formula is C20H32O. The Morgan fingerprint density at radius 1 is 1.29 bits per heavy atom. The molecule has 0 N–H and O–H groups in total. The summed E-state index contributed by atoms with van der Waals surface area (Å²) in [6.07, 6.45) is 2.76. The first-order chi connectivity index (χ1) is 9.60. The molecule has 0 unspecified atom stereocenters. The van der Waals surface area contributed by atoms with Crippen molar-refractivity contribution in [1.82, 2.24) is 0 Å². The van der Waals surface area contributed by atoms with Crippen molar-refractivity contribution >= 4 is 0 Å². The maximum Gasteiger partial charge on any atom is 0.130 e. The highest BCUT2D eigenvalue weighted by Crippen LogP contribution is 2.31. The Hall–Kier alpha value is -1.50. The van der Waals surface area contributed by atoms with Gasteiger partial charge in [0.2, 0.25) is 0 Å². The van der Waals surface area contributed by atoms with E-state index in [2.05, 4.69) is 66.0 Å². The predicted molar refractivity (Wildman–Crippen MR) is 95.0 cm³/mol. The molecule has 0 spiro atoms. The van der Waals surface area contributed by atoms with E-state index in [1.165, 1.54) is 11.1 Å². The quantitative estimate of drug-likeness (QED) is 0.453. The Balaban J connectivity index is 0.00000122. The Morgan fingerprint density at radius 2 is 1.81 bits per heavy atom. The molecule has 0 aliphatic carbocycles. The minimum absolute atomic E-state index is 0.256. The zero-order valence-corrected chi connectivity index (χ0v) is 14.9. The van der Waals surface area contributed by atoms with Crippen LogP contribution in [0.5, 0.6) is 5.75 Å². The summed E-state index contributed by atoms with van der Waals surface area (Å²) in [6.45, 7) is 22.1. The van der Waals surface area contributed by atoms with Crippen LogP contribution in [0.4, 0.5) is 0 Å². The molecule has 1 rings (SSSR count). The van der Waals surface area contributed by atoms with Gasteiger partial charge in [0, 0.05) is 0 Å². The third-order valence-electron chi connectivity index (χ3n) is 2.76.